The van der Waals surface area contributed by atoms with Gasteiger partial charge in [-0.1, -0.05) is 0 Å². The summed E-state index contributed by atoms with van der Waals surface area (Å²) in [6, 6.07) is 0. The van der Waals surface area contributed by atoms with Crippen molar-refractivity contribution in [1.82, 2.24) is 5.32 Å². The maximum atomic E-state index is 10.2. The van der Waals surface area contributed by atoms with E-state index in [1.807, 2.05) is 0 Å². The lowest BCUT2D eigenvalue weighted by Crippen LogP contribution is -2.49. The van der Waals surface area contributed by atoms with Crippen LogP contribution in [0.25, 0.3) is 0 Å². The Bertz CT molecular complexity index is 92.0. The molecule has 0 spiro atoms. The predicted molar refractivity (Wildman–Crippen MR) is 32.8 cm³/mol. The molecule has 8 heavy (non-hydrogen) atoms. The van der Waals surface area contributed by atoms with Gasteiger partial charge in [-0.05, 0) is 0 Å². The van der Waals surface area contributed by atoms with Crippen LogP contribution in [-0.4, -0.2) is 19.0 Å². The molecular weight excluding hydrogens is 128 g/mol. The molecule has 0 bridgehead atoms. The maximum Gasteiger partial charge on any atom is 0.223 e. The Morgan fingerprint density at radius 2 is 2.12 bits per heavy atom. The second-order valence-electron chi connectivity index (χ2n) is 1.76. The summed E-state index contributed by atoms with van der Waals surface area (Å²) in [4.78, 5) is 10.2. The number of nitrogens with two attached hydrogens (primary N) is 1. The molecule has 0 unspecified atom stereocenters. The fourth-order valence-electron chi connectivity index (χ4n) is 0.490. The summed E-state index contributed by atoms with van der Waals surface area (Å²) in [6.07, 6.45) is 0. The minimum atomic E-state index is -0.182. The van der Waals surface area contributed by atoms with Crippen LogP contribution in [-0.2, 0) is 4.79 Å². The van der Waals surface area contributed by atoms with Crippen LogP contribution >= 0.6 is 12.4 Å². The summed E-state index contributed by atoms with van der Waals surface area (Å²) in [5.41, 5.74) is 4.92. The van der Waals surface area contributed by atoms with Crippen molar-refractivity contribution < 1.29 is 4.79 Å². The van der Waals surface area contributed by atoms with E-state index >= 15 is 0 Å². The van der Waals surface area contributed by atoms with Crippen molar-refractivity contribution in [3.8, 4) is 0 Å². The van der Waals surface area contributed by atoms with Crippen molar-refractivity contribution in [2.24, 2.45) is 11.7 Å². The summed E-state index contributed by atoms with van der Waals surface area (Å²) < 4.78 is 0. The molecule has 1 amide bonds. The van der Waals surface area contributed by atoms with Gasteiger partial charge in [0, 0.05) is 13.1 Å². The monoisotopic (exact) mass is 136 g/mol. The highest BCUT2D eigenvalue weighted by Gasteiger charge is 2.21. The Kier molecular flexibility index (Phi) is 2.79. The second-order valence-corrected chi connectivity index (χ2v) is 1.76. The summed E-state index contributed by atoms with van der Waals surface area (Å²) in [5.74, 6) is -0.0706. The molecule has 0 radical (unpaired) electrons. The fraction of sp³-hybridized carbons (Fsp3) is 0.750. The fourth-order valence-corrected chi connectivity index (χ4v) is 0.490. The summed E-state index contributed by atoms with van der Waals surface area (Å²) in [5, 5.41) is 2.94. The molecule has 0 aromatic heterocycles. The zero-order chi connectivity index (χ0) is 5.28. The van der Waals surface area contributed by atoms with Crippen molar-refractivity contribution in [2.75, 3.05) is 13.1 Å². The van der Waals surface area contributed by atoms with Crippen LogP contribution in [0.2, 0.25) is 0 Å². The molecule has 1 aliphatic heterocycles. The van der Waals surface area contributed by atoms with Gasteiger partial charge >= 0.3 is 0 Å². The van der Waals surface area contributed by atoms with E-state index in [0.717, 1.165) is 13.1 Å². The first-order valence-corrected chi connectivity index (χ1v) is 2.31. The highest BCUT2D eigenvalue weighted by molar-refractivity contribution is 5.85. The Balaban J connectivity index is 0.000000490. The van der Waals surface area contributed by atoms with Gasteiger partial charge in [-0.25, -0.2) is 0 Å². The molecule has 0 atom stereocenters. The van der Waals surface area contributed by atoms with Crippen molar-refractivity contribution >= 4 is 18.3 Å². The van der Waals surface area contributed by atoms with Gasteiger partial charge in [0.2, 0.25) is 5.91 Å². The number of carbonyl (C=O) groups excluding carboxylic acids is 1. The van der Waals surface area contributed by atoms with Gasteiger partial charge in [-0.15, -0.1) is 12.4 Å². The molecule has 1 rings (SSSR count). The van der Waals surface area contributed by atoms with Crippen LogP contribution in [0, 0.1) is 5.92 Å². The molecule has 0 saturated carbocycles. The van der Waals surface area contributed by atoms with Crippen LogP contribution in [0.3, 0.4) is 0 Å². The molecule has 0 aliphatic carbocycles. The van der Waals surface area contributed by atoms with Crippen molar-refractivity contribution in [3.05, 3.63) is 0 Å². The Morgan fingerprint density at radius 3 is 2.12 bits per heavy atom. The Hall–Kier alpha value is -0.280. The van der Waals surface area contributed by atoms with E-state index in [1.165, 1.54) is 0 Å². The number of halogens is 1. The van der Waals surface area contributed by atoms with Crippen molar-refractivity contribution in [2.45, 2.75) is 0 Å². The molecule has 1 heterocycles. The molecule has 3 N–H and O–H groups in total. The molecule has 1 saturated heterocycles. The predicted octanol–water partition coefficient (Wildman–Crippen LogP) is -0.887. The topological polar surface area (TPSA) is 55.1 Å². The quantitative estimate of drug-likeness (QED) is 0.492. The van der Waals surface area contributed by atoms with E-state index in [9.17, 15) is 4.79 Å². The standard InChI is InChI=1S/C4H8N2O.ClH/c5-4(7)3-1-6-2-3;/h3,6H,1-2H2,(H2,5,7);1H. The Labute approximate surface area is 54.0 Å². The third-order valence-corrected chi connectivity index (χ3v) is 1.18. The number of hydrogen-bond acceptors (Lipinski definition) is 2. The van der Waals surface area contributed by atoms with Crippen molar-refractivity contribution in [1.29, 1.82) is 0 Å². The van der Waals surface area contributed by atoms with Crippen LogP contribution in [0.4, 0.5) is 0 Å². The summed E-state index contributed by atoms with van der Waals surface area (Å²) in [7, 11) is 0. The maximum absolute atomic E-state index is 10.2. The number of nitrogens with one attached hydrogen (secondary N) is 1. The number of hydrogen-bond donors (Lipinski definition) is 2. The van der Waals surface area contributed by atoms with Crippen LogP contribution in [0.15, 0.2) is 0 Å². The average Bonchev–Trinajstić information content (AvgIpc) is 1.23. The van der Waals surface area contributed by atoms with E-state index in [2.05, 4.69) is 5.32 Å². The number of primary amides is 1. The molecular formula is C4H9ClN2O. The lowest BCUT2D eigenvalue weighted by molar-refractivity contribution is -0.123. The van der Waals surface area contributed by atoms with Crippen molar-refractivity contribution in [3.63, 3.8) is 0 Å². The minimum absolute atomic E-state index is 0. The number of carbonyl (C=O) groups is 1. The van der Waals surface area contributed by atoms with Gasteiger partial charge in [0.15, 0.2) is 0 Å². The normalized spacial score (nSPS) is 18.5. The molecule has 1 aliphatic rings. The molecule has 0 aromatic rings. The smallest absolute Gasteiger partial charge is 0.223 e. The first kappa shape index (κ1) is 7.72. The first-order chi connectivity index (χ1) is 3.30. The average molecular weight is 137 g/mol. The lowest BCUT2D eigenvalue weighted by atomic mass is 10.0. The third-order valence-electron chi connectivity index (χ3n) is 1.18. The highest BCUT2D eigenvalue weighted by atomic mass is 35.5. The third kappa shape index (κ3) is 1.35. The van der Waals surface area contributed by atoms with Crippen LogP contribution < -0.4 is 11.1 Å². The van der Waals surface area contributed by atoms with E-state index < -0.39 is 0 Å². The minimum Gasteiger partial charge on any atom is -0.369 e. The Morgan fingerprint density at radius 1 is 1.62 bits per heavy atom. The number of rotatable bonds is 1. The van der Waals surface area contributed by atoms with Crippen LogP contribution in [0.5, 0.6) is 0 Å². The molecule has 4 heteroatoms. The molecule has 3 nitrogen and oxygen atoms in total. The van der Waals surface area contributed by atoms with E-state index in [4.69, 9.17) is 5.73 Å². The van der Waals surface area contributed by atoms with E-state index in [1.54, 1.807) is 0 Å². The van der Waals surface area contributed by atoms with Gasteiger partial charge in [0.05, 0.1) is 5.92 Å². The molecule has 48 valence electrons. The van der Waals surface area contributed by atoms with Gasteiger partial charge < -0.3 is 11.1 Å². The lowest BCUT2D eigenvalue weighted by Gasteiger charge is -2.22. The largest absolute Gasteiger partial charge is 0.369 e. The zero-order valence-corrected chi connectivity index (χ0v) is 5.20. The van der Waals surface area contributed by atoms with Gasteiger partial charge in [-0.3, -0.25) is 4.79 Å². The first-order valence-electron chi connectivity index (χ1n) is 2.31. The molecule has 0 aromatic carbocycles. The second kappa shape index (κ2) is 2.89. The highest BCUT2D eigenvalue weighted by Crippen LogP contribution is 1.98. The summed E-state index contributed by atoms with van der Waals surface area (Å²) >= 11 is 0. The van der Waals surface area contributed by atoms with Gasteiger partial charge in [-0.2, -0.15) is 0 Å². The van der Waals surface area contributed by atoms with Gasteiger partial charge in [0.25, 0.3) is 0 Å². The number of amides is 1. The van der Waals surface area contributed by atoms with Crippen LogP contribution in [0.1, 0.15) is 0 Å². The zero-order valence-electron chi connectivity index (χ0n) is 4.39. The summed E-state index contributed by atoms with van der Waals surface area (Å²) in [6.45, 7) is 1.55. The SMILES string of the molecule is Cl.NC(=O)C1CNC1. The van der Waals surface area contributed by atoms with E-state index in [0.29, 0.717) is 0 Å². The van der Waals surface area contributed by atoms with Gasteiger partial charge in [0.1, 0.15) is 0 Å². The molecule has 1 fully saturated rings. The van der Waals surface area contributed by atoms with E-state index in [-0.39, 0.29) is 24.2 Å².